The summed E-state index contributed by atoms with van der Waals surface area (Å²) in [5.41, 5.74) is 14.4. The van der Waals surface area contributed by atoms with E-state index < -0.39 is 0 Å². The molecule has 0 aliphatic carbocycles. The highest BCUT2D eigenvalue weighted by Crippen LogP contribution is 2.40. The topological polar surface area (TPSA) is 43.9 Å². The van der Waals surface area contributed by atoms with Crippen LogP contribution in [-0.4, -0.2) is 14.5 Å². The summed E-state index contributed by atoms with van der Waals surface area (Å²) in [6, 6.07) is 70.2. The molecule has 0 spiro atoms. The molecule has 11 rings (SSSR count). The second-order valence-corrected chi connectivity index (χ2v) is 14.2. The fourth-order valence-corrected chi connectivity index (χ4v) is 8.18. The fraction of sp³-hybridized carbons (Fsp3) is 0. The van der Waals surface area contributed by atoms with Crippen molar-refractivity contribution in [3.05, 3.63) is 200 Å². The lowest BCUT2D eigenvalue weighted by Gasteiger charge is -2.12. The fourth-order valence-electron chi connectivity index (χ4n) is 8.18. The minimum absolute atomic E-state index is 0.669. The van der Waals surface area contributed by atoms with Crippen molar-refractivity contribution in [1.82, 2.24) is 14.5 Å². The molecule has 0 radical (unpaired) electrons. The average Bonchev–Trinajstić information content (AvgIpc) is 3.83. The molecule has 56 heavy (non-hydrogen) atoms. The first-order valence-electron chi connectivity index (χ1n) is 18.9. The van der Waals surface area contributed by atoms with E-state index in [1.807, 2.05) is 12.1 Å². The van der Waals surface area contributed by atoms with E-state index in [0.29, 0.717) is 5.82 Å². The Morgan fingerprint density at radius 2 is 0.946 bits per heavy atom. The summed E-state index contributed by atoms with van der Waals surface area (Å²) in [5.74, 6) is 0.669. The first kappa shape index (κ1) is 31.9. The zero-order valence-electron chi connectivity index (χ0n) is 30.3. The van der Waals surface area contributed by atoms with Crippen molar-refractivity contribution in [1.29, 1.82) is 0 Å². The number of rotatable bonds is 6. The Kier molecular flexibility index (Phi) is 7.46. The summed E-state index contributed by atoms with van der Waals surface area (Å²) in [6.45, 7) is 0. The van der Waals surface area contributed by atoms with Crippen molar-refractivity contribution >= 4 is 43.9 Å². The molecule has 0 atom stereocenters. The van der Waals surface area contributed by atoms with Gasteiger partial charge in [-0.3, -0.25) is 4.57 Å². The third-order valence-electron chi connectivity index (χ3n) is 10.8. The van der Waals surface area contributed by atoms with Crippen molar-refractivity contribution in [3.63, 3.8) is 0 Å². The molecule has 0 bridgehead atoms. The van der Waals surface area contributed by atoms with Crippen molar-refractivity contribution in [2.24, 2.45) is 0 Å². The number of para-hydroxylation sites is 4. The summed E-state index contributed by atoms with van der Waals surface area (Å²) in [4.78, 5) is 10.9. The zero-order valence-corrected chi connectivity index (χ0v) is 30.3. The minimum atomic E-state index is 0.669. The third-order valence-corrected chi connectivity index (χ3v) is 10.8. The van der Waals surface area contributed by atoms with Gasteiger partial charge in [-0.15, -0.1) is 0 Å². The molecule has 3 aromatic heterocycles. The minimum Gasteiger partial charge on any atom is -0.455 e. The van der Waals surface area contributed by atoms with Crippen LogP contribution in [0.2, 0.25) is 0 Å². The predicted octanol–water partition coefficient (Wildman–Crippen LogP) is 13.8. The monoisotopic (exact) mass is 715 g/mol. The van der Waals surface area contributed by atoms with Gasteiger partial charge in [0.25, 0.3) is 0 Å². The van der Waals surface area contributed by atoms with E-state index in [-0.39, 0.29) is 0 Å². The molecule has 11 aromatic rings. The molecular formula is C52H33N3O. The van der Waals surface area contributed by atoms with Gasteiger partial charge in [-0.25, -0.2) is 9.97 Å². The zero-order chi connectivity index (χ0) is 37.0. The molecule has 0 aliphatic heterocycles. The Labute approximate surface area is 323 Å². The Morgan fingerprint density at radius 3 is 1.75 bits per heavy atom. The number of hydrogen-bond donors (Lipinski definition) is 0. The molecule has 0 fully saturated rings. The molecule has 0 saturated carbocycles. The molecule has 0 amide bonds. The Hall–Kier alpha value is -7.56. The van der Waals surface area contributed by atoms with Crippen LogP contribution in [-0.2, 0) is 0 Å². The number of hydrogen-bond acceptors (Lipinski definition) is 3. The van der Waals surface area contributed by atoms with Crippen LogP contribution in [0.5, 0.6) is 0 Å². The van der Waals surface area contributed by atoms with Crippen LogP contribution in [0.4, 0.5) is 0 Å². The highest BCUT2D eigenvalue weighted by molar-refractivity contribution is 6.14. The summed E-state index contributed by atoms with van der Waals surface area (Å²) < 4.78 is 8.69. The number of nitrogens with zero attached hydrogens (tertiary/aromatic N) is 3. The third kappa shape index (κ3) is 5.31. The van der Waals surface area contributed by atoms with E-state index in [9.17, 15) is 0 Å². The number of aromatic nitrogens is 3. The first-order chi connectivity index (χ1) is 27.8. The van der Waals surface area contributed by atoms with E-state index in [4.69, 9.17) is 14.4 Å². The highest BCUT2D eigenvalue weighted by Gasteiger charge is 2.21. The molecular weight excluding hydrogens is 683 g/mol. The Morgan fingerprint density at radius 1 is 0.393 bits per heavy atom. The largest absolute Gasteiger partial charge is 0.455 e. The molecule has 262 valence electrons. The van der Waals surface area contributed by atoms with Crippen LogP contribution in [0.1, 0.15) is 0 Å². The summed E-state index contributed by atoms with van der Waals surface area (Å²) in [7, 11) is 0. The van der Waals surface area contributed by atoms with Crippen LogP contribution < -0.4 is 0 Å². The van der Waals surface area contributed by atoms with Gasteiger partial charge in [0.2, 0.25) is 0 Å². The van der Waals surface area contributed by atoms with Gasteiger partial charge in [-0.2, -0.15) is 0 Å². The maximum atomic E-state index is 6.42. The van der Waals surface area contributed by atoms with Gasteiger partial charge < -0.3 is 4.42 Å². The quantitative estimate of drug-likeness (QED) is 0.172. The van der Waals surface area contributed by atoms with Gasteiger partial charge in [-0.05, 0) is 70.3 Å². The van der Waals surface area contributed by atoms with Crippen LogP contribution in [0.15, 0.2) is 205 Å². The number of benzene rings is 8. The summed E-state index contributed by atoms with van der Waals surface area (Å²) in [5, 5.41) is 4.39. The van der Waals surface area contributed by atoms with Gasteiger partial charge in [-0.1, -0.05) is 158 Å². The summed E-state index contributed by atoms with van der Waals surface area (Å²) >= 11 is 0. The van der Waals surface area contributed by atoms with Gasteiger partial charge in [0.05, 0.1) is 16.6 Å². The maximum Gasteiger partial charge on any atom is 0.162 e. The van der Waals surface area contributed by atoms with Gasteiger partial charge in [0, 0.05) is 38.5 Å². The van der Waals surface area contributed by atoms with Crippen LogP contribution in [0.3, 0.4) is 0 Å². The Balaban J connectivity index is 1.10. The SMILES string of the molecule is c1ccc(-c2cccc(-c3nc(-c4cccc(-c5cccc(-c6cccc7c6oc6ccccc67)c5)c4)nc4c3c3ccccc3n4-c3ccccc3)c2)cc1. The number of furan rings is 1. The van der Waals surface area contributed by atoms with E-state index in [0.717, 1.165) is 99.8 Å². The van der Waals surface area contributed by atoms with E-state index in [1.54, 1.807) is 0 Å². The maximum absolute atomic E-state index is 6.42. The molecule has 3 heterocycles. The molecule has 8 aromatic carbocycles. The Bertz CT molecular complexity index is 3250. The van der Waals surface area contributed by atoms with E-state index in [2.05, 4.69) is 193 Å². The second kappa shape index (κ2) is 13.1. The molecule has 0 unspecified atom stereocenters. The lowest BCUT2D eigenvalue weighted by Crippen LogP contribution is -1.99. The van der Waals surface area contributed by atoms with Crippen molar-refractivity contribution in [2.75, 3.05) is 0 Å². The molecule has 4 heteroatoms. The van der Waals surface area contributed by atoms with Crippen LogP contribution >= 0.6 is 0 Å². The van der Waals surface area contributed by atoms with Gasteiger partial charge >= 0.3 is 0 Å². The smallest absolute Gasteiger partial charge is 0.162 e. The standard InChI is InChI=1S/C52H33N3O/c1-3-15-34(16-4-1)35-17-12-21-39(32-35)49-48-45-26-7-9-29-46(45)55(41-23-5-2-6-24-41)52(48)54-51(53-49)40-22-13-19-37(33-40)36-18-11-20-38(31-36)42-27-14-28-44-43-25-8-10-30-47(43)56-50(42)44/h1-33H. The van der Waals surface area contributed by atoms with E-state index in [1.165, 1.54) is 0 Å². The first-order valence-corrected chi connectivity index (χ1v) is 18.9. The lowest BCUT2D eigenvalue weighted by atomic mass is 9.96. The van der Waals surface area contributed by atoms with Crippen molar-refractivity contribution in [2.45, 2.75) is 0 Å². The van der Waals surface area contributed by atoms with E-state index >= 15 is 0 Å². The normalized spacial score (nSPS) is 11.6. The van der Waals surface area contributed by atoms with Crippen LogP contribution in [0.25, 0.3) is 106 Å². The molecule has 0 N–H and O–H groups in total. The van der Waals surface area contributed by atoms with Crippen molar-refractivity contribution < 1.29 is 4.42 Å². The van der Waals surface area contributed by atoms with Crippen molar-refractivity contribution in [3.8, 4) is 61.7 Å². The van der Waals surface area contributed by atoms with Gasteiger partial charge in [0.15, 0.2) is 5.82 Å². The second-order valence-electron chi connectivity index (χ2n) is 14.2. The average molecular weight is 716 g/mol. The number of fused-ring (bicyclic) bond motifs is 6. The molecule has 0 saturated heterocycles. The van der Waals surface area contributed by atoms with Crippen LogP contribution in [0, 0.1) is 0 Å². The molecule has 0 aliphatic rings. The van der Waals surface area contributed by atoms with Gasteiger partial charge in [0.1, 0.15) is 16.8 Å². The predicted molar refractivity (Wildman–Crippen MR) is 231 cm³/mol. The summed E-state index contributed by atoms with van der Waals surface area (Å²) in [6.07, 6.45) is 0. The lowest BCUT2D eigenvalue weighted by molar-refractivity contribution is 0.670. The highest BCUT2D eigenvalue weighted by atomic mass is 16.3. The molecule has 4 nitrogen and oxygen atoms in total.